The molecular formula is C44H62O4. The minimum atomic E-state index is 0.228. The molecule has 0 bridgehead atoms. The molecule has 4 heteroatoms. The van der Waals surface area contributed by atoms with E-state index in [1.165, 1.54) is 19.3 Å². The Morgan fingerprint density at radius 1 is 0.833 bits per heavy atom. The van der Waals surface area contributed by atoms with Crippen LogP contribution in [0.3, 0.4) is 0 Å². The molecule has 3 atom stereocenters. The minimum Gasteiger partial charge on any atom is -0.508 e. The van der Waals surface area contributed by atoms with Gasteiger partial charge in [-0.25, -0.2) is 0 Å². The van der Waals surface area contributed by atoms with Crippen LogP contribution in [0.15, 0.2) is 49.0 Å². The Balaban J connectivity index is 1.65. The average molecular weight is 655 g/mol. The quantitative estimate of drug-likeness (QED) is 0.142. The van der Waals surface area contributed by atoms with Crippen molar-refractivity contribution in [2.24, 2.45) is 17.8 Å². The van der Waals surface area contributed by atoms with Gasteiger partial charge >= 0.3 is 0 Å². The lowest BCUT2D eigenvalue weighted by molar-refractivity contribution is 0.183. The van der Waals surface area contributed by atoms with E-state index in [-0.39, 0.29) is 11.7 Å². The van der Waals surface area contributed by atoms with Gasteiger partial charge in [0, 0.05) is 5.56 Å². The Labute approximate surface area is 291 Å². The van der Waals surface area contributed by atoms with Crippen molar-refractivity contribution in [3.05, 3.63) is 76.9 Å². The predicted molar refractivity (Wildman–Crippen MR) is 203 cm³/mol. The third-order valence-electron chi connectivity index (χ3n) is 10.4. The molecule has 0 aromatic heterocycles. The number of allylic oxidation sites excluding steroid dienone is 1. The molecule has 262 valence electrons. The summed E-state index contributed by atoms with van der Waals surface area (Å²) in [7, 11) is 0. The number of hydrogen-bond acceptors (Lipinski definition) is 4. The summed E-state index contributed by atoms with van der Waals surface area (Å²) in [4.78, 5) is 0. The molecular weight excluding hydrogens is 592 g/mol. The van der Waals surface area contributed by atoms with E-state index in [1.54, 1.807) is 0 Å². The zero-order valence-corrected chi connectivity index (χ0v) is 31.0. The van der Waals surface area contributed by atoms with Gasteiger partial charge in [-0.1, -0.05) is 103 Å². The Hall–Kier alpha value is -3.40. The highest BCUT2D eigenvalue weighted by Crippen LogP contribution is 2.50. The minimum absolute atomic E-state index is 0.228. The molecule has 0 unspecified atom stereocenters. The second-order valence-electron chi connectivity index (χ2n) is 14.9. The zero-order chi connectivity index (χ0) is 34.8. The van der Waals surface area contributed by atoms with E-state index in [9.17, 15) is 10.2 Å². The second kappa shape index (κ2) is 17.8. The molecule has 4 rings (SSSR count). The van der Waals surface area contributed by atoms with Crippen molar-refractivity contribution in [1.82, 2.24) is 0 Å². The first-order chi connectivity index (χ1) is 23.0. The maximum absolute atomic E-state index is 11.6. The van der Waals surface area contributed by atoms with Crippen LogP contribution in [-0.2, 0) is 12.8 Å². The number of ether oxygens (including phenoxy) is 2. The molecule has 3 aromatic carbocycles. The van der Waals surface area contributed by atoms with E-state index in [0.717, 1.165) is 96.1 Å². The number of hydrogen-bond donors (Lipinski definition) is 2. The normalized spacial score (nSPS) is 17.9. The van der Waals surface area contributed by atoms with E-state index in [4.69, 9.17) is 9.47 Å². The van der Waals surface area contributed by atoms with Gasteiger partial charge in [0.1, 0.15) is 36.2 Å². The summed E-state index contributed by atoms with van der Waals surface area (Å²) in [5, 5.41) is 23.0. The van der Waals surface area contributed by atoms with Crippen LogP contribution in [-0.4, -0.2) is 23.4 Å². The zero-order valence-electron chi connectivity index (χ0n) is 31.0. The van der Waals surface area contributed by atoms with Crippen LogP contribution in [0.2, 0.25) is 0 Å². The fourth-order valence-corrected chi connectivity index (χ4v) is 7.72. The molecule has 0 saturated heterocycles. The number of phenolic OH excluding ortho intramolecular Hbond substituents is 2. The van der Waals surface area contributed by atoms with Gasteiger partial charge < -0.3 is 19.7 Å². The van der Waals surface area contributed by atoms with Gasteiger partial charge in [-0.15, -0.1) is 0 Å². The Bertz CT molecular complexity index is 1500. The van der Waals surface area contributed by atoms with Crippen molar-refractivity contribution in [3.8, 4) is 34.1 Å². The van der Waals surface area contributed by atoms with Crippen molar-refractivity contribution in [1.29, 1.82) is 0 Å². The van der Waals surface area contributed by atoms with Crippen molar-refractivity contribution < 1.29 is 19.7 Å². The lowest BCUT2D eigenvalue weighted by Gasteiger charge is -2.38. The monoisotopic (exact) mass is 654 g/mol. The molecule has 0 heterocycles. The maximum Gasteiger partial charge on any atom is 0.131 e. The number of aromatic hydroxyl groups is 2. The topological polar surface area (TPSA) is 58.9 Å². The van der Waals surface area contributed by atoms with E-state index in [0.29, 0.717) is 48.0 Å². The Morgan fingerprint density at radius 2 is 1.44 bits per heavy atom. The predicted octanol–water partition coefficient (Wildman–Crippen LogP) is 12.2. The van der Waals surface area contributed by atoms with E-state index < -0.39 is 0 Å². The average Bonchev–Trinajstić information content (AvgIpc) is 3.02. The highest BCUT2D eigenvalue weighted by Gasteiger charge is 2.35. The maximum atomic E-state index is 11.6. The lowest BCUT2D eigenvalue weighted by atomic mass is 9.67. The summed E-state index contributed by atoms with van der Waals surface area (Å²) in [5.41, 5.74) is 7.84. The van der Waals surface area contributed by atoms with Crippen LogP contribution in [0.5, 0.6) is 23.0 Å². The molecule has 48 heavy (non-hydrogen) atoms. The molecule has 4 nitrogen and oxygen atoms in total. The molecule has 0 aliphatic heterocycles. The summed E-state index contributed by atoms with van der Waals surface area (Å²) in [6.45, 7) is 20.3. The van der Waals surface area contributed by atoms with Crippen molar-refractivity contribution in [2.45, 2.75) is 125 Å². The van der Waals surface area contributed by atoms with Gasteiger partial charge in [-0.2, -0.15) is 0 Å². The Morgan fingerprint density at radius 3 is 2.04 bits per heavy atom. The molecule has 3 aromatic rings. The molecule has 0 radical (unpaired) electrons. The number of aryl methyl sites for hydroxylation is 3. The van der Waals surface area contributed by atoms with Crippen molar-refractivity contribution in [3.63, 3.8) is 0 Å². The highest BCUT2D eigenvalue weighted by atomic mass is 16.5. The molecule has 0 amide bonds. The van der Waals surface area contributed by atoms with Crippen LogP contribution >= 0.6 is 0 Å². The fourth-order valence-electron chi connectivity index (χ4n) is 7.72. The molecule has 2 N–H and O–H groups in total. The number of unbranched alkanes of at least 4 members (excludes halogenated alkanes) is 4. The van der Waals surface area contributed by atoms with E-state index in [2.05, 4.69) is 78.5 Å². The van der Waals surface area contributed by atoms with Gasteiger partial charge in [0.2, 0.25) is 0 Å². The Kier molecular flexibility index (Phi) is 13.9. The summed E-state index contributed by atoms with van der Waals surface area (Å²) < 4.78 is 13.1. The van der Waals surface area contributed by atoms with Crippen LogP contribution in [0.25, 0.3) is 16.7 Å². The van der Waals surface area contributed by atoms with Crippen LogP contribution in [0.1, 0.15) is 133 Å². The third-order valence-corrected chi connectivity index (χ3v) is 10.4. The largest absolute Gasteiger partial charge is 0.508 e. The first kappa shape index (κ1) is 37.4. The van der Waals surface area contributed by atoms with E-state index in [1.807, 2.05) is 19.1 Å². The third kappa shape index (κ3) is 9.61. The fraction of sp³-hybridized carbons (Fsp3) is 0.545. The summed E-state index contributed by atoms with van der Waals surface area (Å²) in [6.07, 6.45) is 12.1. The molecule has 1 aliphatic carbocycles. The first-order valence-corrected chi connectivity index (χ1v) is 18.8. The summed E-state index contributed by atoms with van der Waals surface area (Å²) in [5.74, 6) is 3.99. The smallest absolute Gasteiger partial charge is 0.131 e. The van der Waals surface area contributed by atoms with Gasteiger partial charge in [0.05, 0.1) is 5.56 Å². The van der Waals surface area contributed by atoms with Gasteiger partial charge in [0.15, 0.2) is 0 Å². The standard InChI is InChI=1S/C44H62O4/c1-9-11-13-15-33-25-39(45)43(37-23-31(7)17-19-35(37)29(3)4)41(27-33)47-21-22-48-42-28-34(16-14-12-10-2)26-40(46)44(42)38-24-32(8)18-20-36(38)30(5)6/h17,19,23,25-28,30,32,36,38,45-46H,3,9-16,18,20-22,24H2,1-2,4-8H3/t32-,36+,38-/m1/s1. The highest BCUT2D eigenvalue weighted by molar-refractivity contribution is 5.86. The number of phenols is 2. The molecule has 0 spiro atoms. The van der Waals surface area contributed by atoms with Crippen molar-refractivity contribution >= 4 is 5.57 Å². The van der Waals surface area contributed by atoms with Crippen LogP contribution in [0, 0.1) is 24.7 Å². The molecule has 1 aliphatic rings. The summed E-state index contributed by atoms with van der Waals surface area (Å²) in [6, 6.07) is 14.4. The van der Waals surface area contributed by atoms with Crippen molar-refractivity contribution in [2.75, 3.05) is 13.2 Å². The molecule has 1 fully saturated rings. The van der Waals surface area contributed by atoms with Gasteiger partial charge in [-0.05, 0) is 123 Å². The number of rotatable bonds is 17. The lowest BCUT2D eigenvalue weighted by Crippen LogP contribution is -2.27. The summed E-state index contributed by atoms with van der Waals surface area (Å²) >= 11 is 0. The van der Waals surface area contributed by atoms with Crippen LogP contribution in [0.4, 0.5) is 0 Å². The number of benzene rings is 3. The second-order valence-corrected chi connectivity index (χ2v) is 14.9. The van der Waals surface area contributed by atoms with Gasteiger partial charge in [-0.3, -0.25) is 0 Å². The SMILES string of the molecule is C=C(C)c1ccc(C)cc1-c1c(O)cc(CCCCC)cc1OCCOc1cc(CCCCC)cc(O)c1[C@@H]1C[C@H](C)CC[C@H]1C(C)C. The molecule has 1 saturated carbocycles. The van der Waals surface area contributed by atoms with Gasteiger partial charge in [0.25, 0.3) is 0 Å². The first-order valence-electron chi connectivity index (χ1n) is 18.8. The van der Waals surface area contributed by atoms with E-state index >= 15 is 0 Å². The van der Waals surface area contributed by atoms with Crippen LogP contribution < -0.4 is 9.47 Å².